The summed E-state index contributed by atoms with van der Waals surface area (Å²) in [5, 5.41) is 9.18. The van der Waals surface area contributed by atoms with Gasteiger partial charge in [0.25, 0.3) is 0 Å². The largest absolute Gasteiger partial charge is 0.478 e. The second-order valence-corrected chi connectivity index (χ2v) is 10.8. The van der Waals surface area contributed by atoms with Crippen LogP contribution in [0.25, 0.3) is 11.6 Å². The van der Waals surface area contributed by atoms with Gasteiger partial charge >= 0.3 is 5.97 Å². The molecule has 3 rings (SSSR count). The molecular formula is C30H40O2. The summed E-state index contributed by atoms with van der Waals surface area (Å²) in [6.07, 6.45) is 8.34. The highest BCUT2D eigenvalue weighted by molar-refractivity contribution is 5.88. The highest BCUT2D eigenvalue weighted by atomic mass is 16.4. The van der Waals surface area contributed by atoms with Crippen LogP contribution in [0.3, 0.4) is 0 Å². The summed E-state index contributed by atoms with van der Waals surface area (Å²) in [5.41, 5.74) is 8.71. The first-order valence-electron chi connectivity index (χ1n) is 12.2. The van der Waals surface area contributed by atoms with Gasteiger partial charge in [-0.15, -0.1) is 0 Å². The van der Waals surface area contributed by atoms with Gasteiger partial charge in [0.1, 0.15) is 0 Å². The van der Waals surface area contributed by atoms with Crippen molar-refractivity contribution < 1.29 is 9.90 Å². The van der Waals surface area contributed by atoms with Crippen LogP contribution in [0.15, 0.2) is 36.4 Å². The van der Waals surface area contributed by atoms with Crippen molar-refractivity contribution in [2.45, 2.75) is 91.4 Å². The van der Waals surface area contributed by atoms with Crippen LogP contribution in [0.2, 0.25) is 0 Å². The molecule has 1 aliphatic carbocycles. The maximum absolute atomic E-state index is 11.2. The van der Waals surface area contributed by atoms with Gasteiger partial charge in [-0.1, -0.05) is 91.1 Å². The summed E-state index contributed by atoms with van der Waals surface area (Å²) >= 11 is 0. The molecule has 0 aliphatic heterocycles. The number of carbonyl (C=O) groups is 1. The molecule has 2 aromatic rings. The Labute approximate surface area is 194 Å². The third-order valence-corrected chi connectivity index (χ3v) is 8.06. The van der Waals surface area contributed by atoms with Crippen LogP contribution in [0.5, 0.6) is 0 Å². The Balaban J connectivity index is 2.06. The maximum atomic E-state index is 11.2. The molecule has 2 heteroatoms. The standard InChI is InChI=1S/C30H40O2/c1-8-9-10-11-12-24-18-26-27(30(6,7)21(3)29(26,4)5)19-25(24)20(2)17-22-13-15-23(16-14-22)28(31)32/h13-19,21H,8-12H2,1-7H3,(H,31,32)/b20-17+. The van der Waals surface area contributed by atoms with Crippen molar-refractivity contribution in [1.82, 2.24) is 0 Å². The minimum absolute atomic E-state index is 0.137. The number of hydrogen-bond donors (Lipinski definition) is 1. The number of unbranched alkanes of at least 4 members (excludes halogenated alkanes) is 3. The van der Waals surface area contributed by atoms with Gasteiger partial charge < -0.3 is 5.11 Å². The van der Waals surface area contributed by atoms with Crippen LogP contribution in [0.1, 0.15) is 112 Å². The molecule has 0 radical (unpaired) electrons. The fourth-order valence-corrected chi connectivity index (χ4v) is 5.45. The third kappa shape index (κ3) is 4.56. The van der Waals surface area contributed by atoms with Crippen molar-refractivity contribution in [3.05, 3.63) is 69.8 Å². The SMILES string of the molecule is CCCCCCc1cc2c(cc1/C(C)=C/c1ccc(C(=O)O)cc1)C(C)(C)C(C)C2(C)C. The van der Waals surface area contributed by atoms with E-state index in [1.807, 2.05) is 12.1 Å². The van der Waals surface area contributed by atoms with E-state index >= 15 is 0 Å². The van der Waals surface area contributed by atoms with Gasteiger partial charge in [0.05, 0.1) is 5.56 Å². The maximum Gasteiger partial charge on any atom is 0.335 e. The van der Waals surface area contributed by atoms with E-state index in [0.29, 0.717) is 11.5 Å². The molecule has 0 amide bonds. The van der Waals surface area contributed by atoms with Gasteiger partial charge in [-0.3, -0.25) is 0 Å². The van der Waals surface area contributed by atoms with Crippen molar-refractivity contribution in [2.24, 2.45) is 5.92 Å². The first-order valence-corrected chi connectivity index (χ1v) is 12.2. The average molecular weight is 433 g/mol. The Kier molecular flexibility index (Phi) is 7.03. The molecule has 1 atom stereocenters. The molecule has 0 saturated heterocycles. The normalized spacial score (nSPS) is 19.1. The minimum Gasteiger partial charge on any atom is -0.478 e. The number of carboxylic acid groups (broad SMARTS) is 1. The molecule has 0 bridgehead atoms. The van der Waals surface area contributed by atoms with Gasteiger partial charge in [0, 0.05) is 0 Å². The number of hydrogen-bond acceptors (Lipinski definition) is 1. The molecule has 1 N–H and O–H groups in total. The van der Waals surface area contributed by atoms with Crippen LogP contribution >= 0.6 is 0 Å². The summed E-state index contributed by atoms with van der Waals surface area (Å²) in [6.45, 7) is 16.4. The number of allylic oxidation sites excluding steroid dienone is 1. The third-order valence-electron chi connectivity index (χ3n) is 8.06. The monoisotopic (exact) mass is 432 g/mol. The van der Waals surface area contributed by atoms with E-state index in [2.05, 4.69) is 66.7 Å². The summed E-state index contributed by atoms with van der Waals surface area (Å²) in [6, 6.07) is 12.1. The Morgan fingerprint density at radius 1 is 0.969 bits per heavy atom. The summed E-state index contributed by atoms with van der Waals surface area (Å²) < 4.78 is 0. The second-order valence-electron chi connectivity index (χ2n) is 10.8. The number of aromatic carboxylic acids is 1. The summed E-state index contributed by atoms with van der Waals surface area (Å²) in [4.78, 5) is 11.2. The highest BCUT2D eigenvalue weighted by Gasteiger charge is 2.48. The number of aryl methyl sites for hydroxylation is 1. The first-order chi connectivity index (χ1) is 15.0. The van der Waals surface area contributed by atoms with E-state index in [0.717, 1.165) is 12.0 Å². The molecule has 0 spiro atoms. The fraction of sp³-hybridized carbons (Fsp3) is 0.500. The topological polar surface area (TPSA) is 37.3 Å². The zero-order valence-electron chi connectivity index (χ0n) is 21.0. The molecule has 172 valence electrons. The molecule has 0 aromatic heterocycles. The number of rotatable bonds is 8. The predicted octanol–water partition coefficient (Wildman–Crippen LogP) is 8.27. The van der Waals surface area contributed by atoms with Crippen molar-refractivity contribution >= 4 is 17.6 Å². The Morgan fingerprint density at radius 3 is 2.12 bits per heavy atom. The molecule has 1 aliphatic rings. The van der Waals surface area contributed by atoms with Crippen molar-refractivity contribution in [3.63, 3.8) is 0 Å². The van der Waals surface area contributed by atoms with Crippen LogP contribution in [-0.2, 0) is 17.3 Å². The molecule has 0 fully saturated rings. The summed E-state index contributed by atoms with van der Waals surface area (Å²) in [7, 11) is 0. The molecule has 1 unspecified atom stereocenters. The lowest BCUT2D eigenvalue weighted by molar-refractivity contribution is 0.0697. The molecule has 2 aromatic carbocycles. The molecule has 0 saturated carbocycles. The fourth-order valence-electron chi connectivity index (χ4n) is 5.45. The predicted molar refractivity (Wildman–Crippen MR) is 136 cm³/mol. The Bertz CT molecular complexity index is 1010. The van der Waals surface area contributed by atoms with Crippen LogP contribution in [-0.4, -0.2) is 11.1 Å². The lowest BCUT2D eigenvalue weighted by Gasteiger charge is -2.32. The van der Waals surface area contributed by atoms with Crippen LogP contribution in [0.4, 0.5) is 0 Å². The van der Waals surface area contributed by atoms with Gasteiger partial charge in [-0.25, -0.2) is 4.79 Å². The van der Waals surface area contributed by atoms with E-state index in [1.54, 1.807) is 12.1 Å². The zero-order valence-corrected chi connectivity index (χ0v) is 21.0. The number of benzene rings is 2. The van der Waals surface area contributed by atoms with Gasteiger partial charge in [-0.2, -0.15) is 0 Å². The van der Waals surface area contributed by atoms with E-state index < -0.39 is 5.97 Å². The minimum atomic E-state index is -0.885. The van der Waals surface area contributed by atoms with E-state index in [-0.39, 0.29) is 10.8 Å². The van der Waals surface area contributed by atoms with E-state index in [4.69, 9.17) is 0 Å². The van der Waals surface area contributed by atoms with Crippen LogP contribution < -0.4 is 0 Å². The molecule has 32 heavy (non-hydrogen) atoms. The van der Waals surface area contributed by atoms with E-state index in [1.165, 1.54) is 53.5 Å². The Morgan fingerprint density at radius 2 is 1.56 bits per heavy atom. The lowest BCUT2D eigenvalue weighted by Crippen LogP contribution is -2.30. The van der Waals surface area contributed by atoms with Crippen molar-refractivity contribution in [3.8, 4) is 0 Å². The first kappa shape index (κ1) is 24.3. The second kappa shape index (κ2) is 9.25. The zero-order chi connectivity index (χ0) is 23.7. The lowest BCUT2D eigenvalue weighted by atomic mass is 9.71. The Hall–Kier alpha value is -2.35. The van der Waals surface area contributed by atoms with Crippen molar-refractivity contribution in [1.29, 1.82) is 0 Å². The van der Waals surface area contributed by atoms with Gasteiger partial charge in [0.2, 0.25) is 0 Å². The smallest absolute Gasteiger partial charge is 0.335 e. The van der Waals surface area contributed by atoms with Gasteiger partial charge in [0.15, 0.2) is 0 Å². The van der Waals surface area contributed by atoms with E-state index in [9.17, 15) is 9.90 Å². The molecule has 2 nitrogen and oxygen atoms in total. The van der Waals surface area contributed by atoms with Crippen LogP contribution in [0, 0.1) is 5.92 Å². The molecule has 0 heterocycles. The van der Waals surface area contributed by atoms with Crippen molar-refractivity contribution in [2.75, 3.05) is 0 Å². The average Bonchev–Trinajstić information content (AvgIpc) is 2.88. The molecular weight excluding hydrogens is 392 g/mol. The quantitative estimate of drug-likeness (QED) is 0.336. The highest BCUT2D eigenvalue weighted by Crippen LogP contribution is 2.54. The number of carboxylic acids is 1. The van der Waals surface area contributed by atoms with Gasteiger partial charge in [-0.05, 0) is 82.0 Å². The number of fused-ring (bicyclic) bond motifs is 1. The summed E-state index contributed by atoms with van der Waals surface area (Å²) in [5.74, 6) is -0.315.